The van der Waals surface area contributed by atoms with Crippen LogP contribution in [0.25, 0.3) is 0 Å². The Kier molecular flexibility index (Phi) is 6.12. The Labute approximate surface area is 143 Å². The summed E-state index contributed by atoms with van der Waals surface area (Å²) in [5, 5.41) is 0.705. The summed E-state index contributed by atoms with van der Waals surface area (Å²) in [6.45, 7) is 0. The highest BCUT2D eigenvalue weighted by molar-refractivity contribution is 9.11. The number of methoxy groups -OCH3 is 1. The Morgan fingerprint density at radius 1 is 1.52 bits per heavy atom. The summed E-state index contributed by atoms with van der Waals surface area (Å²) < 4.78 is 5.80. The molecule has 1 aromatic heterocycles. The molecule has 0 amide bonds. The molecule has 1 saturated carbocycles. The van der Waals surface area contributed by atoms with E-state index in [0.29, 0.717) is 11.4 Å². The molecule has 1 heterocycles. The highest BCUT2D eigenvalue weighted by Gasteiger charge is 2.36. The number of halogens is 2. The largest absolute Gasteiger partial charge is 0.469 e. The van der Waals surface area contributed by atoms with Crippen molar-refractivity contribution in [2.45, 2.75) is 51.0 Å². The minimum atomic E-state index is -0.130. The van der Waals surface area contributed by atoms with Crippen LogP contribution in [0.15, 0.2) is 9.85 Å². The fraction of sp³-hybridized carbons (Fsp3) is 0.667. The van der Waals surface area contributed by atoms with E-state index in [1.165, 1.54) is 26.4 Å². The van der Waals surface area contributed by atoms with Crippen molar-refractivity contribution in [2.75, 3.05) is 7.11 Å². The Morgan fingerprint density at radius 2 is 2.19 bits per heavy atom. The van der Waals surface area contributed by atoms with Crippen molar-refractivity contribution < 1.29 is 9.53 Å². The average Bonchev–Trinajstić information content (AvgIpc) is 2.79. The first-order valence-corrected chi connectivity index (χ1v) is 9.22. The number of nitrogens with two attached hydrogens (primary N) is 1. The molecule has 0 saturated heterocycles. The topological polar surface area (TPSA) is 52.3 Å². The number of hydrogen-bond acceptors (Lipinski definition) is 4. The summed E-state index contributed by atoms with van der Waals surface area (Å²) in [5.41, 5.74) is 6.37. The van der Waals surface area contributed by atoms with E-state index in [-0.39, 0.29) is 17.4 Å². The third-order valence-corrected chi connectivity index (χ3v) is 6.95. The molecule has 2 rings (SSSR count). The van der Waals surface area contributed by atoms with E-state index in [4.69, 9.17) is 22.1 Å². The zero-order chi connectivity index (χ0) is 15.5. The van der Waals surface area contributed by atoms with Crippen LogP contribution in [0.3, 0.4) is 0 Å². The summed E-state index contributed by atoms with van der Waals surface area (Å²) in [6, 6.07) is 1.84. The van der Waals surface area contributed by atoms with Crippen LogP contribution in [0, 0.1) is 5.41 Å². The molecule has 6 heteroatoms. The van der Waals surface area contributed by atoms with Gasteiger partial charge in [-0.15, -0.1) is 11.3 Å². The predicted molar refractivity (Wildman–Crippen MR) is 90.7 cm³/mol. The summed E-state index contributed by atoms with van der Waals surface area (Å²) in [5.74, 6) is -0.130. The van der Waals surface area contributed by atoms with Crippen LogP contribution in [-0.4, -0.2) is 13.1 Å². The quantitative estimate of drug-likeness (QED) is 0.709. The molecule has 21 heavy (non-hydrogen) atoms. The van der Waals surface area contributed by atoms with E-state index in [9.17, 15) is 4.79 Å². The molecule has 3 nitrogen and oxygen atoms in total. The number of hydrogen-bond donors (Lipinski definition) is 1. The molecule has 1 unspecified atom stereocenters. The lowest BCUT2D eigenvalue weighted by atomic mass is 9.68. The second-order valence-corrected chi connectivity index (χ2v) is 8.70. The zero-order valence-corrected chi connectivity index (χ0v) is 15.3. The van der Waals surface area contributed by atoms with Crippen LogP contribution in [-0.2, 0) is 9.53 Å². The minimum absolute atomic E-state index is 0.0201. The SMILES string of the molecule is COC(=O)CC1(CC(N)c2cc(Cl)c(Br)s2)CCCCC1. The van der Waals surface area contributed by atoms with Gasteiger partial charge in [0, 0.05) is 10.9 Å². The van der Waals surface area contributed by atoms with E-state index in [1.807, 2.05) is 6.07 Å². The molecule has 2 N–H and O–H groups in total. The van der Waals surface area contributed by atoms with Gasteiger partial charge in [0.15, 0.2) is 0 Å². The maximum absolute atomic E-state index is 11.8. The Morgan fingerprint density at radius 3 is 2.71 bits per heavy atom. The van der Waals surface area contributed by atoms with Crippen molar-refractivity contribution in [2.24, 2.45) is 11.1 Å². The summed E-state index contributed by atoms with van der Waals surface area (Å²) >= 11 is 11.1. The van der Waals surface area contributed by atoms with Gasteiger partial charge >= 0.3 is 5.97 Å². The lowest BCUT2D eigenvalue weighted by Crippen LogP contribution is -2.31. The summed E-state index contributed by atoms with van der Waals surface area (Å²) in [4.78, 5) is 12.8. The molecule has 0 aromatic carbocycles. The van der Waals surface area contributed by atoms with Gasteiger partial charge in [-0.05, 0) is 46.7 Å². The molecular weight excluding hydrogens is 374 g/mol. The second kappa shape index (κ2) is 7.44. The highest BCUT2D eigenvalue weighted by Crippen LogP contribution is 2.47. The number of carbonyl (C=O) groups excluding carboxylic acids is 1. The minimum Gasteiger partial charge on any atom is -0.469 e. The fourth-order valence-corrected chi connectivity index (χ4v) is 4.99. The number of esters is 1. The van der Waals surface area contributed by atoms with Crippen molar-refractivity contribution in [3.63, 3.8) is 0 Å². The summed E-state index contributed by atoms with van der Waals surface area (Å²) in [7, 11) is 1.45. The molecule has 1 aliphatic carbocycles. The first kappa shape index (κ1) is 17.3. The van der Waals surface area contributed by atoms with Gasteiger partial charge in [0.05, 0.1) is 22.3 Å². The Balaban J connectivity index is 2.12. The third-order valence-electron chi connectivity index (χ3n) is 4.34. The van der Waals surface area contributed by atoms with Gasteiger partial charge in [-0.1, -0.05) is 30.9 Å². The van der Waals surface area contributed by atoms with Gasteiger partial charge in [-0.25, -0.2) is 0 Å². The number of thiophene rings is 1. The molecule has 0 radical (unpaired) electrons. The van der Waals surface area contributed by atoms with Crippen LogP contribution in [0.1, 0.15) is 55.9 Å². The molecule has 1 aromatic rings. The van der Waals surface area contributed by atoms with Crippen LogP contribution < -0.4 is 5.73 Å². The molecule has 0 bridgehead atoms. The van der Waals surface area contributed by atoms with Crippen molar-refractivity contribution in [1.82, 2.24) is 0 Å². The van der Waals surface area contributed by atoms with Crippen molar-refractivity contribution in [3.8, 4) is 0 Å². The fourth-order valence-electron chi connectivity index (χ4n) is 3.25. The maximum Gasteiger partial charge on any atom is 0.306 e. The third kappa shape index (κ3) is 4.44. The van der Waals surface area contributed by atoms with Gasteiger partial charge in [0.1, 0.15) is 0 Å². The molecule has 1 aliphatic rings. The van der Waals surface area contributed by atoms with Gasteiger partial charge in [-0.3, -0.25) is 4.79 Å². The second-order valence-electron chi connectivity index (χ2n) is 5.89. The van der Waals surface area contributed by atoms with Gasteiger partial charge < -0.3 is 10.5 Å². The Bertz CT molecular complexity index is 480. The van der Waals surface area contributed by atoms with Crippen molar-refractivity contribution in [3.05, 3.63) is 19.8 Å². The van der Waals surface area contributed by atoms with Crippen molar-refractivity contribution in [1.29, 1.82) is 0 Å². The lowest BCUT2D eigenvalue weighted by Gasteiger charge is -2.38. The van der Waals surface area contributed by atoms with Crippen LogP contribution in [0.5, 0.6) is 0 Å². The average molecular weight is 395 g/mol. The molecule has 0 spiro atoms. The zero-order valence-electron chi connectivity index (χ0n) is 12.2. The smallest absolute Gasteiger partial charge is 0.306 e. The van der Waals surface area contributed by atoms with E-state index in [2.05, 4.69) is 15.9 Å². The molecule has 0 aliphatic heterocycles. The van der Waals surface area contributed by atoms with Crippen molar-refractivity contribution >= 4 is 44.8 Å². The first-order chi connectivity index (χ1) is 9.96. The van der Waals surface area contributed by atoms with E-state index in [0.717, 1.165) is 27.9 Å². The standard InChI is InChI=1S/C15H21BrClNO2S/c1-20-13(19)9-15(5-3-2-4-6-15)8-11(18)12-7-10(17)14(16)21-12/h7,11H,2-6,8-9,18H2,1H3. The molecule has 118 valence electrons. The lowest BCUT2D eigenvalue weighted by molar-refractivity contribution is -0.144. The van der Waals surface area contributed by atoms with Crippen LogP contribution in [0.4, 0.5) is 0 Å². The number of ether oxygens (including phenoxy) is 1. The molecule has 1 fully saturated rings. The summed E-state index contributed by atoms with van der Waals surface area (Å²) in [6.07, 6.45) is 6.96. The number of carbonyl (C=O) groups is 1. The van der Waals surface area contributed by atoms with Gasteiger partial charge in [0.25, 0.3) is 0 Å². The normalized spacial score (nSPS) is 19.2. The molecule has 1 atom stereocenters. The first-order valence-electron chi connectivity index (χ1n) is 7.23. The van der Waals surface area contributed by atoms with Gasteiger partial charge in [0.2, 0.25) is 0 Å². The van der Waals surface area contributed by atoms with Crippen LogP contribution in [0.2, 0.25) is 5.02 Å². The maximum atomic E-state index is 11.8. The molecular formula is C15H21BrClNO2S. The van der Waals surface area contributed by atoms with E-state index < -0.39 is 0 Å². The highest BCUT2D eigenvalue weighted by atomic mass is 79.9. The number of rotatable bonds is 5. The van der Waals surface area contributed by atoms with Crippen LogP contribution >= 0.6 is 38.9 Å². The monoisotopic (exact) mass is 393 g/mol. The predicted octanol–water partition coefficient (Wildman–Crippen LogP) is 5.07. The van der Waals surface area contributed by atoms with E-state index >= 15 is 0 Å². The Hall–Kier alpha value is -0.100. The van der Waals surface area contributed by atoms with E-state index in [1.54, 1.807) is 11.3 Å². The van der Waals surface area contributed by atoms with Gasteiger partial charge in [-0.2, -0.15) is 0 Å².